The van der Waals surface area contributed by atoms with E-state index < -0.39 is 6.03 Å². The fraction of sp³-hybridized carbons (Fsp3) is 0.158. The topological polar surface area (TPSA) is 81.6 Å². The van der Waals surface area contributed by atoms with Crippen LogP contribution in [0.1, 0.15) is 11.3 Å². The summed E-state index contributed by atoms with van der Waals surface area (Å²) in [6.45, 7) is 3.19. The molecule has 0 aliphatic carbocycles. The van der Waals surface area contributed by atoms with E-state index in [1.54, 1.807) is 18.3 Å². The van der Waals surface area contributed by atoms with Crippen LogP contribution in [-0.2, 0) is 6.54 Å². The fourth-order valence-corrected chi connectivity index (χ4v) is 2.98. The number of carbonyl (C=O) groups excluding carboxylic acids is 1. The van der Waals surface area contributed by atoms with Gasteiger partial charge in [0, 0.05) is 27.2 Å². The number of hydrazone groups is 1. The van der Waals surface area contributed by atoms with Crippen molar-refractivity contribution in [2.45, 2.75) is 13.5 Å². The van der Waals surface area contributed by atoms with Crippen LogP contribution in [0.5, 0.6) is 5.75 Å². The van der Waals surface area contributed by atoms with Gasteiger partial charge in [0.05, 0.1) is 12.8 Å². The number of aromatic nitrogens is 1. The van der Waals surface area contributed by atoms with Crippen molar-refractivity contribution in [2.75, 3.05) is 6.61 Å². The van der Waals surface area contributed by atoms with Gasteiger partial charge in [-0.15, -0.1) is 0 Å². The number of rotatable bonds is 6. The number of para-hydroxylation sites is 1. The summed E-state index contributed by atoms with van der Waals surface area (Å²) in [5.41, 5.74) is 10.3. The highest BCUT2D eigenvalue weighted by molar-refractivity contribution is 6.30. The van der Waals surface area contributed by atoms with Gasteiger partial charge in [0.1, 0.15) is 12.4 Å². The standard InChI is InChI=1S/C19H19ClN4O2/c1-13-17(12-22-23-19(21)25)16-4-2-3-5-18(16)24(13)10-11-26-15-8-6-14(20)7-9-15/h2-9,12H,10-11H2,1H3,(H3,21,23,25). The molecule has 2 aromatic carbocycles. The van der Waals surface area contributed by atoms with E-state index in [0.717, 1.165) is 27.9 Å². The molecule has 0 radical (unpaired) electrons. The summed E-state index contributed by atoms with van der Waals surface area (Å²) in [5.74, 6) is 0.774. The van der Waals surface area contributed by atoms with Gasteiger partial charge in [0.2, 0.25) is 0 Å². The number of nitrogens with zero attached hydrogens (tertiary/aromatic N) is 2. The maximum atomic E-state index is 10.8. The molecular weight excluding hydrogens is 352 g/mol. The van der Waals surface area contributed by atoms with Crippen molar-refractivity contribution in [1.29, 1.82) is 0 Å². The van der Waals surface area contributed by atoms with Gasteiger partial charge in [-0.3, -0.25) is 0 Å². The third-order valence-corrected chi connectivity index (χ3v) is 4.30. The Morgan fingerprint density at radius 2 is 2.00 bits per heavy atom. The zero-order chi connectivity index (χ0) is 18.5. The van der Waals surface area contributed by atoms with Crippen LogP contribution in [0.15, 0.2) is 53.6 Å². The van der Waals surface area contributed by atoms with Gasteiger partial charge in [-0.25, -0.2) is 10.2 Å². The molecule has 0 saturated carbocycles. The van der Waals surface area contributed by atoms with Crippen LogP contribution in [0.3, 0.4) is 0 Å². The van der Waals surface area contributed by atoms with Crippen LogP contribution < -0.4 is 15.9 Å². The third-order valence-electron chi connectivity index (χ3n) is 4.05. The molecule has 0 fully saturated rings. The predicted molar refractivity (Wildman–Crippen MR) is 104 cm³/mol. The number of primary amides is 1. The molecule has 0 bridgehead atoms. The predicted octanol–water partition coefficient (Wildman–Crippen LogP) is 3.68. The third kappa shape index (κ3) is 3.97. The minimum atomic E-state index is -0.695. The van der Waals surface area contributed by atoms with Crippen molar-refractivity contribution in [3.05, 3.63) is 64.8 Å². The quantitative estimate of drug-likeness (QED) is 0.512. The lowest BCUT2D eigenvalue weighted by molar-refractivity contribution is 0.249. The van der Waals surface area contributed by atoms with Gasteiger partial charge in [-0.1, -0.05) is 29.8 Å². The molecule has 0 aliphatic rings. The lowest BCUT2D eigenvalue weighted by Crippen LogP contribution is -2.24. The Morgan fingerprint density at radius 3 is 2.73 bits per heavy atom. The maximum Gasteiger partial charge on any atom is 0.332 e. The summed E-state index contributed by atoms with van der Waals surface area (Å²) < 4.78 is 7.97. The van der Waals surface area contributed by atoms with Crippen LogP contribution in [0.2, 0.25) is 5.02 Å². The van der Waals surface area contributed by atoms with E-state index in [1.165, 1.54) is 0 Å². The first-order valence-corrected chi connectivity index (χ1v) is 8.49. The van der Waals surface area contributed by atoms with Gasteiger partial charge in [0.25, 0.3) is 0 Å². The molecule has 0 aliphatic heterocycles. The zero-order valence-corrected chi connectivity index (χ0v) is 15.0. The molecule has 0 atom stereocenters. The summed E-state index contributed by atoms with van der Waals surface area (Å²) in [6.07, 6.45) is 1.61. The van der Waals surface area contributed by atoms with Gasteiger partial charge in [-0.05, 0) is 37.3 Å². The maximum absolute atomic E-state index is 10.8. The van der Waals surface area contributed by atoms with E-state index >= 15 is 0 Å². The fourth-order valence-electron chi connectivity index (χ4n) is 2.85. The Morgan fingerprint density at radius 1 is 1.27 bits per heavy atom. The van der Waals surface area contributed by atoms with Crippen molar-refractivity contribution in [3.63, 3.8) is 0 Å². The SMILES string of the molecule is Cc1c(C=NNC(N)=O)c2ccccc2n1CCOc1ccc(Cl)cc1. The van der Waals surface area contributed by atoms with Gasteiger partial charge < -0.3 is 15.0 Å². The monoisotopic (exact) mass is 370 g/mol. The number of nitrogens with one attached hydrogen (secondary N) is 1. The summed E-state index contributed by atoms with van der Waals surface area (Å²) in [5, 5.41) is 5.62. The Hall–Kier alpha value is -2.99. The molecule has 3 rings (SSSR count). The first kappa shape index (κ1) is 17.8. The highest BCUT2D eigenvalue weighted by Crippen LogP contribution is 2.24. The zero-order valence-electron chi connectivity index (χ0n) is 14.3. The number of urea groups is 1. The molecule has 134 valence electrons. The van der Waals surface area contributed by atoms with Gasteiger partial charge in [0.15, 0.2) is 0 Å². The number of ether oxygens (including phenoxy) is 1. The number of amides is 2. The van der Waals surface area contributed by atoms with E-state index in [-0.39, 0.29) is 0 Å². The minimum absolute atomic E-state index is 0.511. The largest absolute Gasteiger partial charge is 0.492 e. The smallest absolute Gasteiger partial charge is 0.332 e. The van der Waals surface area contributed by atoms with E-state index in [9.17, 15) is 4.79 Å². The lowest BCUT2D eigenvalue weighted by Gasteiger charge is -2.10. The Labute approximate surface area is 156 Å². The van der Waals surface area contributed by atoms with Crippen molar-refractivity contribution < 1.29 is 9.53 Å². The second-order valence-electron chi connectivity index (χ2n) is 5.70. The highest BCUT2D eigenvalue weighted by Gasteiger charge is 2.12. The number of carbonyl (C=O) groups is 1. The molecule has 1 aromatic heterocycles. The van der Waals surface area contributed by atoms with Crippen LogP contribution >= 0.6 is 11.6 Å². The minimum Gasteiger partial charge on any atom is -0.492 e. The molecule has 6 nitrogen and oxygen atoms in total. The summed E-state index contributed by atoms with van der Waals surface area (Å²) in [4.78, 5) is 10.8. The van der Waals surface area contributed by atoms with Crippen molar-refractivity contribution in [1.82, 2.24) is 9.99 Å². The van der Waals surface area contributed by atoms with Gasteiger partial charge >= 0.3 is 6.03 Å². The molecule has 7 heteroatoms. The first-order valence-electron chi connectivity index (χ1n) is 8.11. The van der Waals surface area contributed by atoms with Crippen molar-refractivity contribution in [2.24, 2.45) is 10.8 Å². The molecule has 3 aromatic rings. The molecule has 1 heterocycles. The second-order valence-corrected chi connectivity index (χ2v) is 6.14. The lowest BCUT2D eigenvalue weighted by atomic mass is 10.1. The van der Waals surface area contributed by atoms with Crippen molar-refractivity contribution in [3.8, 4) is 5.75 Å². The van der Waals surface area contributed by atoms with E-state index in [0.29, 0.717) is 18.2 Å². The summed E-state index contributed by atoms with van der Waals surface area (Å²) in [6, 6.07) is 14.6. The molecule has 0 saturated heterocycles. The molecule has 3 N–H and O–H groups in total. The van der Waals surface area contributed by atoms with Gasteiger partial charge in [-0.2, -0.15) is 5.10 Å². The molecule has 0 unspecified atom stereocenters. The Kier molecular flexibility index (Phi) is 5.43. The number of nitrogens with two attached hydrogens (primary N) is 1. The van der Waals surface area contributed by atoms with E-state index in [2.05, 4.69) is 15.1 Å². The molecule has 0 spiro atoms. The van der Waals surface area contributed by atoms with Crippen LogP contribution in [-0.4, -0.2) is 23.4 Å². The molecule has 2 amide bonds. The van der Waals surface area contributed by atoms with Crippen LogP contribution in [0, 0.1) is 6.92 Å². The Balaban J connectivity index is 1.81. The highest BCUT2D eigenvalue weighted by atomic mass is 35.5. The normalized spacial score (nSPS) is 11.2. The van der Waals surface area contributed by atoms with Crippen LogP contribution in [0.25, 0.3) is 10.9 Å². The average molecular weight is 371 g/mol. The molecule has 26 heavy (non-hydrogen) atoms. The average Bonchev–Trinajstić information content (AvgIpc) is 2.89. The summed E-state index contributed by atoms with van der Waals surface area (Å²) in [7, 11) is 0. The number of benzene rings is 2. The van der Waals surface area contributed by atoms with E-state index in [4.69, 9.17) is 22.1 Å². The number of fused-ring (bicyclic) bond motifs is 1. The first-order chi connectivity index (χ1) is 12.6. The van der Waals surface area contributed by atoms with Crippen molar-refractivity contribution >= 4 is 34.7 Å². The Bertz CT molecular complexity index is 948. The number of halogens is 1. The number of hydrogen-bond acceptors (Lipinski definition) is 3. The van der Waals surface area contributed by atoms with E-state index in [1.807, 2.05) is 43.3 Å². The summed E-state index contributed by atoms with van der Waals surface area (Å²) >= 11 is 5.89. The molecular formula is C19H19ClN4O2. The number of hydrogen-bond donors (Lipinski definition) is 2. The van der Waals surface area contributed by atoms with Crippen LogP contribution in [0.4, 0.5) is 4.79 Å². The second kappa shape index (κ2) is 7.93.